The van der Waals surface area contributed by atoms with Gasteiger partial charge in [0.1, 0.15) is 0 Å². The fourth-order valence-corrected chi connectivity index (χ4v) is 3.39. The highest BCUT2D eigenvalue weighted by Gasteiger charge is 2.36. The second-order valence-electron chi connectivity index (χ2n) is 5.75. The van der Waals surface area contributed by atoms with E-state index in [2.05, 4.69) is 29.8 Å². The highest BCUT2D eigenvalue weighted by atomic mass is 79.9. The van der Waals surface area contributed by atoms with Crippen LogP contribution in [-0.2, 0) is 4.79 Å². The molecule has 1 aromatic carbocycles. The molecular formula is C15H20BrClN2O. The molecule has 0 aliphatic carbocycles. The van der Waals surface area contributed by atoms with Crippen molar-refractivity contribution in [2.24, 2.45) is 11.7 Å². The van der Waals surface area contributed by atoms with E-state index in [1.165, 1.54) is 0 Å². The Bertz CT molecular complexity index is 507. The van der Waals surface area contributed by atoms with E-state index in [4.69, 9.17) is 17.3 Å². The van der Waals surface area contributed by atoms with Crippen LogP contribution in [0.25, 0.3) is 0 Å². The quantitative estimate of drug-likeness (QED) is 0.893. The molecule has 2 unspecified atom stereocenters. The van der Waals surface area contributed by atoms with E-state index in [9.17, 15) is 4.79 Å². The zero-order chi connectivity index (χ0) is 14.9. The molecule has 0 spiro atoms. The number of carbonyl (C=O) groups excluding carboxylic acids is 1. The molecule has 20 heavy (non-hydrogen) atoms. The number of carbonyl (C=O) groups is 1. The van der Waals surface area contributed by atoms with Crippen molar-refractivity contribution in [3.05, 3.63) is 33.3 Å². The van der Waals surface area contributed by atoms with Gasteiger partial charge in [0.15, 0.2) is 0 Å². The topological polar surface area (TPSA) is 46.3 Å². The zero-order valence-electron chi connectivity index (χ0n) is 11.8. The number of halogens is 2. The number of benzene rings is 1. The van der Waals surface area contributed by atoms with Crippen LogP contribution in [0, 0.1) is 5.92 Å². The summed E-state index contributed by atoms with van der Waals surface area (Å²) in [5.41, 5.74) is 7.30. The first kappa shape index (κ1) is 15.8. The summed E-state index contributed by atoms with van der Waals surface area (Å²) in [6.45, 7) is 4.94. The Kier molecular flexibility index (Phi) is 5.10. The van der Waals surface area contributed by atoms with Gasteiger partial charge in [-0.2, -0.15) is 0 Å². The standard InChI is InChI=1S/C15H20BrClN2O/c1-9(2)8-19-14(20)6-5-13(18)15(19)11-7-10(17)3-4-12(11)16/h3-4,7,9,13,15H,5-6,8,18H2,1-2H3. The van der Waals surface area contributed by atoms with Gasteiger partial charge in [0.2, 0.25) is 5.91 Å². The molecule has 1 amide bonds. The summed E-state index contributed by atoms with van der Waals surface area (Å²) in [7, 11) is 0. The van der Waals surface area contributed by atoms with Crippen molar-refractivity contribution in [3.8, 4) is 0 Å². The minimum atomic E-state index is -0.105. The first-order chi connectivity index (χ1) is 9.40. The van der Waals surface area contributed by atoms with Gasteiger partial charge in [-0.3, -0.25) is 4.79 Å². The average molecular weight is 360 g/mol. The summed E-state index contributed by atoms with van der Waals surface area (Å²) >= 11 is 9.66. The van der Waals surface area contributed by atoms with Crippen LogP contribution in [0.3, 0.4) is 0 Å². The average Bonchev–Trinajstić information content (AvgIpc) is 2.37. The van der Waals surface area contributed by atoms with Crippen molar-refractivity contribution >= 4 is 33.4 Å². The lowest BCUT2D eigenvalue weighted by atomic mass is 9.90. The van der Waals surface area contributed by atoms with Gasteiger partial charge >= 0.3 is 0 Å². The van der Waals surface area contributed by atoms with Crippen LogP contribution in [0.5, 0.6) is 0 Å². The van der Waals surface area contributed by atoms with Gasteiger partial charge < -0.3 is 10.6 Å². The molecule has 0 radical (unpaired) electrons. The first-order valence-corrected chi connectivity index (χ1v) is 8.07. The van der Waals surface area contributed by atoms with Gasteiger partial charge in [-0.1, -0.05) is 41.4 Å². The summed E-state index contributed by atoms with van der Waals surface area (Å²) in [5.74, 6) is 0.585. The monoisotopic (exact) mass is 358 g/mol. The summed E-state index contributed by atoms with van der Waals surface area (Å²) in [4.78, 5) is 14.2. The minimum Gasteiger partial charge on any atom is -0.334 e. The second-order valence-corrected chi connectivity index (χ2v) is 7.04. The summed E-state index contributed by atoms with van der Waals surface area (Å²) in [5, 5.41) is 0.665. The summed E-state index contributed by atoms with van der Waals surface area (Å²) in [6.07, 6.45) is 1.25. The van der Waals surface area contributed by atoms with E-state index >= 15 is 0 Å². The molecule has 1 aromatic rings. The molecule has 2 atom stereocenters. The molecule has 0 aromatic heterocycles. The normalized spacial score (nSPS) is 23.5. The molecule has 1 aliphatic rings. The molecule has 2 N–H and O–H groups in total. The number of amides is 1. The Morgan fingerprint density at radius 2 is 2.20 bits per heavy atom. The number of nitrogens with two attached hydrogens (primary N) is 1. The second kappa shape index (κ2) is 6.46. The third-order valence-corrected chi connectivity index (χ3v) is 4.55. The Hall–Kier alpha value is -0.580. The fourth-order valence-electron chi connectivity index (χ4n) is 2.73. The molecule has 0 saturated carbocycles. The Morgan fingerprint density at radius 3 is 2.85 bits per heavy atom. The van der Waals surface area contributed by atoms with Crippen LogP contribution >= 0.6 is 27.5 Å². The van der Waals surface area contributed by atoms with E-state index in [1.807, 2.05) is 23.1 Å². The van der Waals surface area contributed by atoms with Crippen molar-refractivity contribution in [3.63, 3.8) is 0 Å². The van der Waals surface area contributed by atoms with Crippen molar-refractivity contribution < 1.29 is 4.79 Å². The highest BCUT2D eigenvalue weighted by molar-refractivity contribution is 9.10. The zero-order valence-corrected chi connectivity index (χ0v) is 14.1. The number of nitrogens with zero attached hydrogens (tertiary/aromatic N) is 1. The van der Waals surface area contributed by atoms with E-state index in [0.717, 1.165) is 23.0 Å². The van der Waals surface area contributed by atoms with E-state index < -0.39 is 0 Å². The Morgan fingerprint density at radius 1 is 1.50 bits per heavy atom. The maximum absolute atomic E-state index is 12.3. The number of hydrogen-bond acceptors (Lipinski definition) is 2. The number of hydrogen-bond donors (Lipinski definition) is 1. The van der Waals surface area contributed by atoms with Crippen LogP contribution in [-0.4, -0.2) is 23.4 Å². The van der Waals surface area contributed by atoms with Gasteiger partial charge in [-0.05, 0) is 36.1 Å². The number of rotatable bonds is 3. The molecule has 1 heterocycles. The predicted molar refractivity (Wildman–Crippen MR) is 85.7 cm³/mol. The first-order valence-electron chi connectivity index (χ1n) is 6.90. The smallest absolute Gasteiger partial charge is 0.223 e. The van der Waals surface area contributed by atoms with E-state index in [0.29, 0.717) is 17.4 Å². The van der Waals surface area contributed by atoms with Crippen LogP contribution in [0.1, 0.15) is 38.3 Å². The number of piperidine rings is 1. The summed E-state index contributed by atoms with van der Waals surface area (Å²) in [6, 6.07) is 5.49. The van der Waals surface area contributed by atoms with E-state index in [1.54, 1.807) is 0 Å². The third-order valence-electron chi connectivity index (χ3n) is 3.59. The van der Waals surface area contributed by atoms with E-state index in [-0.39, 0.29) is 18.0 Å². The van der Waals surface area contributed by atoms with Gasteiger partial charge in [0.05, 0.1) is 6.04 Å². The minimum absolute atomic E-state index is 0.0544. The van der Waals surface area contributed by atoms with Crippen molar-refractivity contribution in [1.82, 2.24) is 4.90 Å². The van der Waals surface area contributed by atoms with Gasteiger partial charge in [0.25, 0.3) is 0 Å². The molecule has 5 heteroatoms. The van der Waals surface area contributed by atoms with Crippen LogP contribution in [0.15, 0.2) is 22.7 Å². The predicted octanol–water partition coefficient (Wildman–Crippen LogP) is 3.75. The Balaban J connectivity index is 2.41. The molecule has 3 nitrogen and oxygen atoms in total. The molecule has 2 rings (SSSR count). The summed E-state index contributed by atoms with van der Waals surface area (Å²) < 4.78 is 0.950. The maximum Gasteiger partial charge on any atom is 0.223 e. The third kappa shape index (κ3) is 3.35. The molecule has 0 bridgehead atoms. The van der Waals surface area contributed by atoms with Crippen molar-refractivity contribution in [2.75, 3.05) is 6.54 Å². The van der Waals surface area contributed by atoms with Gasteiger partial charge in [-0.15, -0.1) is 0 Å². The van der Waals surface area contributed by atoms with Crippen LogP contribution < -0.4 is 5.73 Å². The lowest BCUT2D eigenvalue weighted by Gasteiger charge is -2.41. The van der Waals surface area contributed by atoms with Crippen molar-refractivity contribution in [1.29, 1.82) is 0 Å². The van der Waals surface area contributed by atoms with Crippen molar-refractivity contribution in [2.45, 2.75) is 38.8 Å². The van der Waals surface area contributed by atoms with Crippen LogP contribution in [0.2, 0.25) is 5.02 Å². The molecule has 1 aliphatic heterocycles. The van der Waals surface area contributed by atoms with Crippen LogP contribution in [0.4, 0.5) is 0 Å². The fraction of sp³-hybridized carbons (Fsp3) is 0.533. The lowest BCUT2D eigenvalue weighted by Crippen LogP contribution is -2.50. The Labute approximate surface area is 133 Å². The SMILES string of the molecule is CC(C)CN1C(=O)CCC(N)C1c1cc(Cl)ccc1Br. The molecule has 1 fully saturated rings. The lowest BCUT2D eigenvalue weighted by molar-refractivity contribution is -0.138. The largest absolute Gasteiger partial charge is 0.334 e. The molecular weight excluding hydrogens is 340 g/mol. The number of likely N-dealkylation sites (tertiary alicyclic amines) is 1. The van der Waals surface area contributed by atoms with Gasteiger partial charge in [-0.25, -0.2) is 0 Å². The molecule has 1 saturated heterocycles. The highest BCUT2D eigenvalue weighted by Crippen LogP contribution is 2.36. The van der Waals surface area contributed by atoms with Gasteiger partial charge in [0, 0.05) is 28.5 Å². The maximum atomic E-state index is 12.3. The molecule has 110 valence electrons.